The van der Waals surface area contributed by atoms with E-state index in [1.165, 1.54) is 83.5 Å². The molecule has 2 unspecified atom stereocenters. The molecule has 0 aliphatic carbocycles. The second kappa shape index (κ2) is 26.5. The van der Waals surface area contributed by atoms with E-state index in [1.54, 1.807) is 27.7 Å². The maximum atomic E-state index is 12.5. The number of ether oxygens (including phenoxy) is 3. The van der Waals surface area contributed by atoms with Gasteiger partial charge in [-0.15, -0.1) is 0 Å². The van der Waals surface area contributed by atoms with Gasteiger partial charge in [-0.05, 0) is 81.6 Å². The van der Waals surface area contributed by atoms with E-state index >= 15 is 0 Å². The SMILES string of the molecule is CCCCC(CC)C(=O)OCC1(C)COC(=O)C(C)(C)N1.CCCCCCCCCCCCCCCCCC(=O)OC1CC(C)(C)N(OCC(C)(C)O)C(C)(C)C1. The molecule has 2 fully saturated rings. The van der Waals surface area contributed by atoms with E-state index in [2.05, 4.69) is 46.9 Å². The minimum Gasteiger partial charge on any atom is -0.463 e. The lowest BCUT2D eigenvalue weighted by Crippen LogP contribution is -2.66. The molecule has 2 heterocycles. The summed E-state index contributed by atoms with van der Waals surface area (Å²) in [5, 5.41) is 15.3. The van der Waals surface area contributed by atoms with E-state index in [0.29, 0.717) is 6.42 Å². The molecule has 0 aromatic rings. The molecule has 57 heavy (non-hydrogen) atoms. The Labute approximate surface area is 350 Å². The van der Waals surface area contributed by atoms with Gasteiger partial charge < -0.3 is 19.3 Å². The average molecular weight is 811 g/mol. The Morgan fingerprint density at radius 3 is 1.70 bits per heavy atom. The van der Waals surface area contributed by atoms with Gasteiger partial charge in [0.1, 0.15) is 24.9 Å². The van der Waals surface area contributed by atoms with Gasteiger partial charge in [-0.1, -0.05) is 124 Å². The number of rotatable bonds is 27. The van der Waals surface area contributed by atoms with E-state index in [0.717, 1.165) is 51.4 Å². The fraction of sp³-hybridized carbons (Fsp3) is 0.936. The number of nitrogens with zero attached hydrogens (tertiary/aromatic N) is 1. The van der Waals surface area contributed by atoms with Gasteiger partial charge in [0.25, 0.3) is 0 Å². The van der Waals surface area contributed by atoms with Crippen LogP contribution in [0, 0.1) is 5.92 Å². The van der Waals surface area contributed by atoms with Crippen LogP contribution in [0.25, 0.3) is 0 Å². The van der Waals surface area contributed by atoms with Gasteiger partial charge in [0.15, 0.2) is 0 Å². The highest BCUT2D eigenvalue weighted by atomic mass is 16.7. The molecular weight excluding hydrogens is 721 g/mol. The van der Waals surface area contributed by atoms with Crippen molar-refractivity contribution in [2.75, 3.05) is 19.8 Å². The van der Waals surface area contributed by atoms with Gasteiger partial charge in [-0.2, -0.15) is 5.06 Å². The molecule has 2 aliphatic rings. The van der Waals surface area contributed by atoms with Crippen molar-refractivity contribution in [1.29, 1.82) is 0 Å². The Balaban J connectivity index is 0.000000655. The largest absolute Gasteiger partial charge is 0.463 e. The number of nitrogens with one attached hydrogen (secondary N) is 1. The van der Waals surface area contributed by atoms with E-state index in [1.807, 2.05) is 18.9 Å². The number of morpholine rings is 1. The number of hydrogen-bond donors (Lipinski definition) is 2. The molecule has 0 amide bonds. The monoisotopic (exact) mass is 811 g/mol. The molecule has 0 radical (unpaired) electrons. The van der Waals surface area contributed by atoms with Crippen LogP contribution in [0.3, 0.4) is 0 Å². The Kier molecular flexibility index (Phi) is 24.7. The van der Waals surface area contributed by atoms with Crippen LogP contribution in [-0.4, -0.2) is 81.8 Å². The predicted octanol–water partition coefficient (Wildman–Crippen LogP) is 10.9. The summed E-state index contributed by atoms with van der Waals surface area (Å²) in [5.41, 5.74) is -2.75. The summed E-state index contributed by atoms with van der Waals surface area (Å²) in [4.78, 5) is 42.3. The van der Waals surface area contributed by atoms with Crippen LogP contribution in [0.5, 0.6) is 0 Å². The lowest BCUT2D eigenvalue weighted by molar-refractivity contribution is -0.306. The fourth-order valence-corrected chi connectivity index (χ4v) is 8.32. The number of hydroxylamine groups is 2. The summed E-state index contributed by atoms with van der Waals surface area (Å²) >= 11 is 0. The van der Waals surface area contributed by atoms with Crippen LogP contribution in [0.4, 0.5) is 0 Å². The Morgan fingerprint density at radius 1 is 0.789 bits per heavy atom. The van der Waals surface area contributed by atoms with Crippen molar-refractivity contribution in [3.63, 3.8) is 0 Å². The van der Waals surface area contributed by atoms with Crippen molar-refractivity contribution in [1.82, 2.24) is 10.4 Å². The molecule has 2 saturated heterocycles. The Hall–Kier alpha value is -1.75. The molecule has 10 nitrogen and oxygen atoms in total. The van der Waals surface area contributed by atoms with Crippen LogP contribution in [-0.2, 0) is 33.4 Å². The summed E-state index contributed by atoms with van der Waals surface area (Å²) < 4.78 is 16.6. The lowest BCUT2D eigenvalue weighted by atomic mass is 9.80. The third-order valence-electron chi connectivity index (χ3n) is 11.3. The van der Waals surface area contributed by atoms with E-state index in [9.17, 15) is 19.5 Å². The Morgan fingerprint density at radius 2 is 1.26 bits per heavy atom. The molecule has 0 aromatic carbocycles. The molecule has 0 aromatic heterocycles. The molecule has 2 atom stereocenters. The third kappa shape index (κ3) is 22.4. The van der Waals surface area contributed by atoms with Gasteiger partial charge in [0, 0.05) is 30.3 Å². The average Bonchev–Trinajstić information content (AvgIpc) is 3.09. The number of unbranched alkanes of at least 4 members (excludes halogenated alkanes) is 15. The molecule has 2 rings (SSSR count). The zero-order valence-electron chi connectivity index (χ0n) is 39.1. The fourth-order valence-electron chi connectivity index (χ4n) is 8.32. The number of esters is 3. The highest BCUT2D eigenvalue weighted by Crippen LogP contribution is 2.40. The Bertz CT molecular complexity index is 1110. The smallest absolute Gasteiger partial charge is 0.325 e. The minimum absolute atomic E-state index is 0.0345. The predicted molar refractivity (Wildman–Crippen MR) is 232 cm³/mol. The summed E-state index contributed by atoms with van der Waals surface area (Å²) in [7, 11) is 0. The molecule has 10 heteroatoms. The molecule has 2 N–H and O–H groups in total. The zero-order chi connectivity index (χ0) is 43.2. The van der Waals surface area contributed by atoms with Gasteiger partial charge in [-0.25, -0.2) is 0 Å². The van der Waals surface area contributed by atoms with Crippen LogP contribution in [0.15, 0.2) is 0 Å². The number of carbonyl (C=O) groups is 3. The second-order valence-corrected chi connectivity index (χ2v) is 20.0. The number of hydrogen-bond acceptors (Lipinski definition) is 10. The van der Waals surface area contributed by atoms with E-state index in [4.69, 9.17) is 19.0 Å². The van der Waals surface area contributed by atoms with Crippen molar-refractivity contribution < 1.29 is 38.5 Å². The quantitative estimate of drug-likeness (QED) is 0.0471. The highest BCUT2D eigenvalue weighted by molar-refractivity contribution is 5.81. The molecular formula is C47H90N2O8. The van der Waals surface area contributed by atoms with Crippen LogP contribution >= 0.6 is 0 Å². The highest BCUT2D eigenvalue weighted by Gasteiger charge is 2.48. The zero-order valence-corrected chi connectivity index (χ0v) is 39.1. The first-order chi connectivity index (χ1) is 26.6. The second-order valence-electron chi connectivity index (χ2n) is 20.0. The molecule has 2 aliphatic heterocycles. The topological polar surface area (TPSA) is 124 Å². The summed E-state index contributed by atoms with van der Waals surface area (Å²) in [6.07, 6.45) is 25.5. The first-order valence-corrected chi connectivity index (χ1v) is 23.1. The van der Waals surface area contributed by atoms with Crippen molar-refractivity contribution in [2.45, 2.75) is 258 Å². The molecule has 336 valence electrons. The lowest BCUT2D eigenvalue weighted by Gasteiger charge is -2.53. The standard InChI is InChI=1S/C31H61NO4.C16H29NO4/c1-8-9-10-11-12-13-14-15-16-17-18-19-20-21-22-23-28(33)36-27-24-29(2,3)32(30(4,5)25-27)35-26-31(6,7)34;1-6-8-9-12(7-2)13(18)20-10-16(5)11-21-14(19)15(3,4)17-16/h27,34H,8-26H2,1-7H3;12,17H,6-11H2,1-5H3. The number of piperidine rings is 1. The first kappa shape index (κ1) is 53.3. The van der Waals surface area contributed by atoms with Gasteiger partial charge in [0.05, 0.1) is 23.7 Å². The van der Waals surface area contributed by atoms with Gasteiger partial charge >= 0.3 is 17.9 Å². The number of aliphatic hydroxyl groups is 1. The maximum absolute atomic E-state index is 12.5. The first-order valence-electron chi connectivity index (χ1n) is 23.1. The van der Waals surface area contributed by atoms with Crippen molar-refractivity contribution in [3.05, 3.63) is 0 Å². The van der Waals surface area contributed by atoms with Crippen molar-refractivity contribution in [2.24, 2.45) is 5.92 Å². The van der Waals surface area contributed by atoms with E-state index in [-0.39, 0.29) is 60.8 Å². The molecule has 0 bridgehead atoms. The minimum atomic E-state index is -0.886. The summed E-state index contributed by atoms with van der Waals surface area (Å²) in [6.45, 7) is 24.5. The summed E-state index contributed by atoms with van der Waals surface area (Å²) in [5.74, 6) is -0.524. The van der Waals surface area contributed by atoms with Crippen molar-refractivity contribution in [3.8, 4) is 0 Å². The van der Waals surface area contributed by atoms with Crippen molar-refractivity contribution >= 4 is 17.9 Å². The normalized spacial score (nSPS) is 21.2. The third-order valence-corrected chi connectivity index (χ3v) is 11.3. The summed E-state index contributed by atoms with van der Waals surface area (Å²) in [6, 6.07) is 0. The molecule has 0 spiro atoms. The van der Waals surface area contributed by atoms with Crippen LogP contribution < -0.4 is 5.32 Å². The molecule has 0 saturated carbocycles. The van der Waals surface area contributed by atoms with Crippen LogP contribution in [0.2, 0.25) is 0 Å². The van der Waals surface area contributed by atoms with Gasteiger partial charge in [0.2, 0.25) is 0 Å². The maximum Gasteiger partial charge on any atom is 0.325 e. The van der Waals surface area contributed by atoms with Gasteiger partial charge in [-0.3, -0.25) is 24.5 Å². The van der Waals surface area contributed by atoms with E-state index < -0.39 is 16.7 Å². The number of cyclic esters (lactones) is 1. The van der Waals surface area contributed by atoms with Crippen LogP contribution in [0.1, 0.15) is 224 Å². The number of carbonyl (C=O) groups excluding carboxylic acids is 3.